The van der Waals surface area contributed by atoms with Crippen molar-refractivity contribution >= 4 is 17.2 Å². The molecule has 0 fully saturated rings. The summed E-state index contributed by atoms with van der Waals surface area (Å²) in [5.74, 6) is 0.0120. The zero-order valence-electron chi connectivity index (χ0n) is 12.6. The molecule has 0 atom stereocenters. The number of carbonyl (C=O) groups is 1. The predicted octanol–water partition coefficient (Wildman–Crippen LogP) is 3.14. The van der Waals surface area contributed by atoms with Crippen LogP contribution in [0.5, 0.6) is 0 Å². The van der Waals surface area contributed by atoms with E-state index < -0.39 is 0 Å². The van der Waals surface area contributed by atoms with Crippen molar-refractivity contribution in [3.05, 3.63) is 77.5 Å². The molecule has 0 radical (unpaired) electrons. The van der Waals surface area contributed by atoms with Gasteiger partial charge in [0.2, 0.25) is 0 Å². The van der Waals surface area contributed by atoms with Crippen LogP contribution < -0.4 is 5.43 Å². The average Bonchev–Trinajstić information content (AvgIpc) is 2.79. The lowest BCUT2D eigenvalue weighted by Crippen LogP contribution is -2.11. The van der Waals surface area contributed by atoms with Crippen LogP contribution in [0.3, 0.4) is 0 Å². The Labute approximate surface area is 129 Å². The van der Waals surface area contributed by atoms with Crippen LogP contribution in [0, 0.1) is 0 Å². The normalized spacial score (nSPS) is 16.9. The Morgan fingerprint density at radius 1 is 0.955 bits per heavy atom. The van der Waals surface area contributed by atoms with E-state index in [0.717, 1.165) is 11.3 Å². The zero-order chi connectivity index (χ0) is 15.5. The fourth-order valence-electron chi connectivity index (χ4n) is 2.42. The van der Waals surface area contributed by atoms with Gasteiger partial charge in [0.05, 0.1) is 11.3 Å². The molecule has 1 aliphatic carbocycles. The van der Waals surface area contributed by atoms with Gasteiger partial charge in [-0.15, -0.1) is 0 Å². The van der Waals surface area contributed by atoms with Crippen molar-refractivity contribution in [2.75, 3.05) is 19.5 Å². The van der Waals surface area contributed by atoms with E-state index in [-0.39, 0.29) is 5.78 Å². The Hall–Kier alpha value is -2.88. The average molecular weight is 291 g/mol. The zero-order valence-corrected chi connectivity index (χ0v) is 12.6. The molecule has 0 saturated carbocycles. The quantitative estimate of drug-likeness (QED) is 0.698. The van der Waals surface area contributed by atoms with Crippen LogP contribution in [0.15, 0.2) is 71.5 Å². The highest BCUT2D eigenvalue weighted by atomic mass is 16.1. The Morgan fingerprint density at radius 2 is 1.59 bits per heavy atom. The number of benzene rings is 2. The van der Waals surface area contributed by atoms with E-state index in [2.05, 4.69) is 10.5 Å². The summed E-state index contributed by atoms with van der Waals surface area (Å²) in [6.45, 7) is 0. The summed E-state index contributed by atoms with van der Waals surface area (Å²) in [6.07, 6.45) is 1.81. The highest BCUT2D eigenvalue weighted by Crippen LogP contribution is 2.27. The van der Waals surface area contributed by atoms with E-state index in [9.17, 15) is 4.79 Å². The number of para-hydroxylation sites is 1. The van der Waals surface area contributed by atoms with Crippen LogP contribution in [0.4, 0.5) is 5.69 Å². The summed E-state index contributed by atoms with van der Waals surface area (Å²) in [4.78, 5) is 14.4. The fraction of sp³-hybridized carbons (Fsp3) is 0.111. The number of carbonyl (C=O) groups excluding carboxylic acids is 1. The van der Waals surface area contributed by atoms with Crippen molar-refractivity contribution < 1.29 is 4.79 Å². The van der Waals surface area contributed by atoms with Crippen molar-refractivity contribution in [3.8, 4) is 0 Å². The number of nitrogens with one attached hydrogen (secondary N) is 1. The minimum atomic E-state index is 0.0120. The summed E-state index contributed by atoms with van der Waals surface area (Å²) in [5, 5.41) is 4.47. The first kappa shape index (κ1) is 14.1. The first-order chi connectivity index (χ1) is 10.7. The van der Waals surface area contributed by atoms with Crippen molar-refractivity contribution in [3.63, 3.8) is 0 Å². The van der Waals surface area contributed by atoms with Gasteiger partial charge in [0, 0.05) is 31.4 Å². The number of anilines is 1. The number of rotatable bonds is 3. The minimum Gasteiger partial charge on any atom is -0.383 e. The van der Waals surface area contributed by atoms with E-state index in [1.165, 1.54) is 0 Å². The van der Waals surface area contributed by atoms with Gasteiger partial charge in [0.25, 0.3) is 0 Å². The Kier molecular flexibility index (Phi) is 3.74. The molecular weight excluding hydrogens is 274 g/mol. The molecule has 1 N–H and O–H groups in total. The highest BCUT2D eigenvalue weighted by Gasteiger charge is 2.31. The monoisotopic (exact) mass is 291 g/mol. The van der Waals surface area contributed by atoms with E-state index >= 15 is 0 Å². The molecule has 110 valence electrons. The molecule has 0 unspecified atom stereocenters. The van der Waals surface area contributed by atoms with Gasteiger partial charge in [-0.25, -0.2) is 0 Å². The van der Waals surface area contributed by atoms with Crippen molar-refractivity contribution in [2.45, 2.75) is 0 Å². The number of hydrazone groups is 1. The molecule has 0 amide bonds. The van der Waals surface area contributed by atoms with Crippen LogP contribution in [-0.2, 0) is 0 Å². The highest BCUT2D eigenvalue weighted by molar-refractivity contribution is 6.41. The van der Waals surface area contributed by atoms with Gasteiger partial charge in [-0.2, -0.15) is 5.10 Å². The van der Waals surface area contributed by atoms with Crippen LogP contribution in [0.2, 0.25) is 0 Å². The number of ketones is 1. The maximum absolute atomic E-state index is 12.6. The third kappa shape index (κ3) is 2.63. The first-order valence-electron chi connectivity index (χ1n) is 7.08. The van der Waals surface area contributed by atoms with Gasteiger partial charge in [0.15, 0.2) is 5.78 Å². The molecule has 2 aromatic carbocycles. The fourth-order valence-corrected chi connectivity index (χ4v) is 2.42. The second kappa shape index (κ2) is 5.85. The van der Waals surface area contributed by atoms with Gasteiger partial charge in [-0.1, -0.05) is 42.5 Å². The van der Waals surface area contributed by atoms with E-state index in [0.29, 0.717) is 16.8 Å². The second-order valence-electron chi connectivity index (χ2n) is 5.32. The molecule has 3 rings (SSSR count). The predicted molar refractivity (Wildman–Crippen MR) is 89.1 cm³/mol. The van der Waals surface area contributed by atoms with E-state index in [1.54, 1.807) is 0 Å². The maximum Gasteiger partial charge on any atom is 0.197 e. The molecule has 0 bridgehead atoms. The maximum atomic E-state index is 12.6. The van der Waals surface area contributed by atoms with Crippen LogP contribution >= 0.6 is 0 Å². The SMILES string of the molecule is CN(C)/C=C1/C(=O)c2ccccc2/C1=N\Nc1ccccc1. The molecular formula is C18H17N3O. The topological polar surface area (TPSA) is 44.7 Å². The standard InChI is InChI=1S/C18H17N3O/c1-21(2)12-16-17(20-19-13-8-4-3-5-9-13)14-10-6-7-11-15(14)18(16)22/h3-12,19H,1-2H3/b16-12+,20-17+. The third-order valence-electron chi connectivity index (χ3n) is 3.38. The van der Waals surface area contributed by atoms with Crippen LogP contribution in [-0.4, -0.2) is 30.5 Å². The van der Waals surface area contributed by atoms with Crippen LogP contribution in [0.1, 0.15) is 15.9 Å². The van der Waals surface area contributed by atoms with Gasteiger partial charge in [-0.05, 0) is 12.1 Å². The number of allylic oxidation sites excluding steroid dienone is 1. The molecule has 4 heteroatoms. The van der Waals surface area contributed by atoms with Crippen molar-refractivity contribution in [2.24, 2.45) is 5.10 Å². The van der Waals surface area contributed by atoms with Gasteiger partial charge < -0.3 is 4.90 Å². The summed E-state index contributed by atoms with van der Waals surface area (Å²) >= 11 is 0. The van der Waals surface area contributed by atoms with E-state index in [1.807, 2.05) is 79.8 Å². The molecule has 0 heterocycles. The summed E-state index contributed by atoms with van der Waals surface area (Å²) in [6, 6.07) is 17.2. The molecule has 4 nitrogen and oxygen atoms in total. The molecule has 0 aliphatic heterocycles. The molecule has 2 aromatic rings. The largest absolute Gasteiger partial charge is 0.383 e. The number of hydrogen-bond acceptors (Lipinski definition) is 4. The van der Waals surface area contributed by atoms with Crippen molar-refractivity contribution in [1.82, 2.24) is 4.90 Å². The minimum absolute atomic E-state index is 0.0120. The first-order valence-corrected chi connectivity index (χ1v) is 7.08. The Bertz CT molecular complexity index is 761. The Balaban J connectivity index is 2.04. The van der Waals surface area contributed by atoms with Crippen LogP contribution in [0.25, 0.3) is 0 Å². The Morgan fingerprint density at radius 3 is 2.27 bits per heavy atom. The summed E-state index contributed by atoms with van der Waals surface area (Å²) < 4.78 is 0. The van der Waals surface area contributed by atoms with E-state index in [4.69, 9.17) is 0 Å². The number of nitrogens with zero attached hydrogens (tertiary/aromatic N) is 2. The number of hydrogen-bond donors (Lipinski definition) is 1. The molecule has 0 saturated heterocycles. The summed E-state index contributed by atoms with van der Waals surface area (Å²) in [7, 11) is 3.79. The van der Waals surface area contributed by atoms with Gasteiger partial charge in [-0.3, -0.25) is 10.2 Å². The van der Waals surface area contributed by atoms with Crippen molar-refractivity contribution in [1.29, 1.82) is 0 Å². The lowest BCUT2D eigenvalue weighted by atomic mass is 10.1. The summed E-state index contributed by atoms with van der Waals surface area (Å²) in [5.41, 5.74) is 6.76. The molecule has 0 spiro atoms. The lowest BCUT2D eigenvalue weighted by molar-refractivity contribution is 0.104. The molecule has 1 aliphatic rings. The molecule has 0 aromatic heterocycles. The third-order valence-corrected chi connectivity index (χ3v) is 3.38. The molecule has 22 heavy (non-hydrogen) atoms. The number of Topliss-reactive ketones (excluding diaryl/α,β-unsaturated/α-hetero) is 1. The van der Waals surface area contributed by atoms with Gasteiger partial charge >= 0.3 is 0 Å². The smallest absolute Gasteiger partial charge is 0.197 e. The van der Waals surface area contributed by atoms with Gasteiger partial charge in [0.1, 0.15) is 5.71 Å². The number of fused-ring (bicyclic) bond motifs is 1. The second-order valence-corrected chi connectivity index (χ2v) is 5.32. The lowest BCUT2D eigenvalue weighted by Gasteiger charge is -2.08.